The van der Waals surface area contributed by atoms with Gasteiger partial charge in [0.2, 0.25) is 0 Å². The summed E-state index contributed by atoms with van der Waals surface area (Å²) in [5, 5.41) is 0. The molecule has 0 bridgehead atoms. The molecule has 2 nitrogen and oxygen atoms in total. The van der Waals surface area contributed by atoms with Gasteiger partial charge in [-0.25, -0.2) is 8.78 Å². The van der Waals surface area contributed by atoms with Crippen molar-refractivity contribution in [3.8, 4) is 0 Å². The zero-order valence-corrected chi connectivity index (χ0v) is 10.7. The molecule has 90 valence electrons. The fourth-order valence-electron chi connectivity index (χ4n) is 1.18. The molecule has 0 spiro atoms. The molecule has 0 N–H and O–H groups in total. The van der Waals surface area contributed by atoms with Gasteiger partial charge in [-0.15, -0.1) is 0 Å². The van der Waals surface area contributed by atoms with Crippen LogP contribution in [0.3, 0.4) is 0 Å². The third-order valence-corrected chi connectivity index (χ3v) is 2.75. The minimum Gasteiger partial charge on any atom is -0.353 e. The Kier molecular flexibility index (Phi) is 5.31. The van der Waals surface area contributed by atoms with Gasteiger partial charge in [-0.3, -0.25) is 0 Å². The number of hydrogen-bond acceptors (Lipinski definition) is 2. The monoisotopic (exact) mass is 294 g/mol. The van der Waals surface area contributed by atoms with Crippen molar-refractivity contribution in [1.82, 2.24) is 0 Å². The van der Waals surface area contributed by atoms with E-state index in [9.17, 15) is 8.78 Å². The van der Waals surface area contributed by atoms with Crippen molar-refractivity contribution in [2.75, 3.05) is 6.61 Å². The molecule has 0 aliphatic carbocycles. The van der Waals surface area contributed by atoms with E-state index in [0.717, 1.165) is 6.07 Å². The lowest BCUT2D eigenvalue weighted by atomic mass is 10.2. The lowest BCUT2D eigenvalue weighted by molar-refractivity contribution is -0.135. The molecule has 0 saturated heterocycles. The second kappa shape index (κ2) is 6.27. The van der Waals surface area contributed by atoms with Crippen molar-refractivity contribution in [1.29, 1.82) is 0 Å². The first kappa shape index (κ1) is 13.5. The summed E-state index contributed by atoms with van der Waals surface area (Å²) < 4.78 is 37.1. The standard InChI is InChI=1S/C11H13BrF2O2/c1-3-15-7(2)16-6-8-9(12)4-5-10(13)11(8)14/h4-5,7H,3,6H2,1-2H3. The Bertz CT molecular complexity index is 358. The van der Waals surface area contributed by atoms with E-state index < -0.39 is 17.9 Å². The predicted octanol–water partition coefficient (Wildman–Crippen LogP) is 3.63. The smallest absolute Gasteiger partial charge is 0.165 e. The molecule has 0 aliphatic rings. The van der Waals surface area contributed by atoms with Gasteiger partial charge in [0.25, 0.3) is 0 Å². The van der Waals surface area contributed by atoms with Crippen LogP contribution in [-0.2, 0) is 16.1 Å². The Balaban J connectivity index is 2.70. The maximum Gasteiger partial charge on any atom is 0.165 e. The van der Waals surface area contributed by atoms with Gasteiger partial charge < -0.3 is 9.47 Å². The average Bonchev–Trinajstić information content (AvgIpc) is 2.24. The summed E-state index contributed by atoms with van der Waals surface area (Å²) in [6.07, 6.45) is -0.445. The molecule has 0 fully saturated rings. The first-order chi connectivity index (χ1) is 7.56. The quantitative estimate of drug-likeness (QED) is 0.610. The molecule has 0 aliphatic heterocycles. The molecular formula is C11H13BrF2O2. The molecule has 1 aromatic carbocycles. The van der Waals surface area contributed by atoms with Crippen LogP contribution in [-0.4, -0.2) is 12.9 Å². The van der Waals surface area contributed by atoms with Crippen molar-refractivity contribution in [2.45, 2.75) is 26.7 Å². The maximum atomic E-state index is 13.4. The minimum atomic E-state index is -0.891. The Morgan fingerprint density at radius 3 is 2.62 bits per heavy atom. The molecule has 0 radical (unpaired) electrons. The molecule has 0 saturated carbocycles. The summed E-state index contributed by atoms with van der Waals surface area (Å²) in [6, 6.07) is 2.51. The van der Waals surface area contributed by atoms with E-state index in [1.165, 1.54) is 6.07 Å². The lowest BCUT2D eigenvalue weighted by Gasteiger charge is -2.14. The summed E-state index contributed by atoms with van der Waals surface area (Å²) in [4.78, 5) is 0. The number of halogens is 3. The van der Waals surface area contributed by atoms with Crippen LogP contribution in [0.2, 0.25) is 0 Å². The third-order valence-electron chi connectivity index (χ3n) is 2.00. The second-order valence-electron chi connectivity index (χ2n) is 3.16. The van der Waals surface area contributed by atoms with Crippen LogP contribution in [0, 0.1) is 11.6 Å². The summed E-state index contributed by atoms with van der Waals surface area (Å²) in [6.45, 7) is 4.01. The Hall–Kier alpha value is -0.520. The highest BCUT2D eigenvalue weighted by Crippen LogP contribution is 2.23. The number of rotatable bonds is 5. The molecule has 0 aromatic heterocycles. The van der Waals surface area contributed by atoms with Crippen molar-refractivity contribution in [2.24, 2.45) is 0 Å². The van der Waals surface area contributed by atoms with E-state index in [4.69, 9.17) is 9.47 Å². The van der Waals surface area contributed by atoms with Crippen molar-refractivity contribution in [3.63, 3.8) is 0 Å². The summed E-state index contributed by atoms with van der Waals surface area (Å²) in [7, 11) is 0. The normalized spacial score (nSPS) is 12.8. The van der Waals surface area contributed by atoms with E-state index in [2.05, 4.69) is 15.9 Å². The van der Waals surface area contributed by atoms with E-state index in [1.807, 2.05) is 6.92 Å². The van der Waals surface area contributed by atoms with Gasteiger partial charge in [0, 0.05) is 16.6 Å². The molecule has 1 atom stereocenters. The van der Waals surface area contributed by atoms with Crippen LogP contribution in [0.15, 0.2) is 16.6 Å². The Labute approximate surface area is 102 Å². The number of ether oxygens (including phenoxy) is 2. The SMILES string of the molecule is CCOC(C)OCc1c(Br)ccc(F)c1F. The van der Waals surface area contributed by atoms with E-state index in [-0.39, 0.29) is 12.2 Å². The highest BCUT2D eigenvalue weighted by atomic mass is 79.9. The molecule has 0 amide bonds. The van der Waals surface area contributed by atoms with Crippen LogP contribution in [0.4, 0.5) is 8.78 Å². The van der Waals surface area contributed by atoms with Gasteiger partial charge >= 0.3 is 0 Å². The van der Waals surface area contributed by atoms with E-state index >= 15 is 0 Å². The molecule has 1 aromatic rings. The molecule has 0 heterocycles. The lowest BCUT2D eigenvalue weighted by Crippen LogP contribution is -2.13. The highest BCUT2D eigenvalue weighted by molar-refractivity contribution is 9.10. The van der Waals surface area contributed by atoms with Crippen LogP contribution >= 0.6 is 15.9 Å². The third kappa shape index (κ3) is 3.50. The first-order valence-electron chi connectivity index (χ1n) is 4.91. The largest absolute Gasteiger partial charge is 0.353 e. The van der Waals surface area contributed by atoms with Crippen molar-refractivity contribution >= 4 is 15.9 Å². The number of hydrogen-bond donors (Lipinski definition) is 0. The molecule has 5 heteroatoms. The Morgan fingerprint density at radius 1 is 1.31 bits per heavy atom. The second-order valence-corrected chi connectivity index (χ2v) is 4.01. The van der Waals surface area contributed by atoms with Crippen LogP contribution < -0.4 is 0 Å². The van der Waals surface area contributed by atoms with E-state index in [0.29, 0.717) is 11.1 Å². The predicted molar refractivity (Wildman–Crippen MR) is 59.9 cm³/mol. The average molecular weight is 295 g/mol. The zero-order valence-electron chi connectivity index (χ0n) is 9.10. The van der Waals surface area contributed by atoms with Gasteiger partial charge in [-0.1, -0.05) is 15.9 Å². The van der Waals surface area contributed by atoms with Crippen LogP contribution in [0.5, 0.6) is 0 Å². The summed E-state index contributed by atoms with van der Waals surface area (Å²) in [5.41, 5.74) is 0.159. The Morgan fingerprint density at radius 2 is 2.00 bits per heavy atom. The van der Waals surface area contributed by atoms with Gasteiger partial charge in [0.05, 0.1) is 6.61 Å². The number of benzene rings is 1. The van der Waals surface area contributed by atoms with Gasteiger partial charge in [-0.05, 0) is 26.0 Å². The summed E-state index contributed by atoms with van der Waals surface area (Å²) in [5.74, 6) is -1.77. The van der Waals surface area contributed by atoms with E-state index in [1.54, 1.807) is 6.92 Å². The molecule has 16 heavy (non-hydrogen) atoms. The minimum absolute atomic E-state index is 0.0364. The van der Waals surface area contributed by atoms with Crippen LogP contribution in [0.25, 0.3) is 0 Å². The van der Waals surface area contributed by atoms with Crippen molar-refractivity contribution in [3.05, 3.63) is 33.8 Å². The zero-order chi connectivity index (χ0) is 12.1. The van der Waals surface area contributed by atoms with Crippen molar-refractivity contribution < 1.29 is 18.3 Å². The highest BCUT2D eigenvalue weighted by Gasteiger charge is 2.13. The molecule has 1 rings (SSSR count). The van der Waals surface area contributed by atoms with Crippen LogP contribution in [0.1, 0.15) is 19.4 Å². The van der Waals surface area contributed by atoms with Gasteiger partial charge in [0.1, 0.15) is 0 Å². The fraction of sp³-hybridized carbons (Fsp3) is 0.455. The summed E-state index contributed by atoms with van der Waals surface area (Å²) >= 11 is 3.14. The van der Waals surface area contributed by atoms with Gasteiger partial charge in [0.15, 0.2) is 17.9 Å². The topological polar surface area (TPSA) is 18.5 Å². The first-order valence-corrected chi connectivity index (χ1v) is 5.71. The maximum absolute atomic E-state index is 13.4. The van der Waals surface area contributed by atoms with Gasteiger partial charge in [-0.2, -0.15) is 0 Å². The molecule has 1 unspecified atom stereocenters. The molecular weight excluding hydrogens is 282 g/mol. The fourth-order valence-corrected chi connectivity index (χ4v) is 1.61.